The number of nitrogens with one attached hydrogen (secondary N) is 1. The molecule has 0 bridgehead atoms. The largest absolute Gasteiger partial charge is 0.386 e. The fourth-order valence-corrected chi connectivity index (χ4v) is 2.56. The van der Waals surface area contributed by atoms with E-state index >= 15 is 0 Å². The molecular formula is C16H7NO6. The molecule has 1 N–H and O–H groups in total. The van der Waals surface area contributed by atoms with Crippen molar-refractivity contribution in [3.8, 4) is 0 Å². The second-order valence-electron chi connectivity index (χ2n) is 4.97. The van der Waals surface area contributed by atoms with Crippen LogP contribution < -0.4 is 5.32 Å². The van der Waals surface area contributed by atoms with E-state index in [1.165, 1.54) is 18.2 Å². The summed E-state index contributed by atoms with van der Waals surface area (Å²) in [5.41, 5.74) is 1.49. The Kier molecular flexibility index (Phi) is 2.59. The van der Waals surface area contributed by atoms with E-state index in [4.69, 9.17) is 0 Å². The predicted molar refractivity (Wildman–Crippen MR) is 75.7 cm³/mol. The molecule has 112 valence electrons. The molecule has 0 spiro atoms. The number of ether oxygens (including phenoxy) is 2. The van der Waals surface area contributed by atoms with Gasteiger partial charge < -0.3 is 14.8 Å². The van der Waals surface area contributed by atoms with Gasteiger partial charge in [0.25, 0.3) is 0 Å². The first-order chi connectivity index (χ1) is 11.0. The molecule has 23 heavy (non-hydrogen) atoms. The summed E-state index contributed by atoms with van der Waals surface area (Å²) in [5.74, 6) is -2.84. The van der Waals surface area contributed by atoms with Gasteiger partial charge in [0.2, 0.25) is 0 Å². The van der Waals surface area contributed by atoms with Crippen molar-refractivity contribution in [3.63, 3.8) is 0 Å². The Bertz CT molecular complexity index is 930. The van der Waals surface area contributed by atoms with Gasteiger partial charge in [-0.25, -0.2) is 19.2 Å². The van der Waals surface area contributed by atoms with E-state index in [9.17, 15) is 19.2 Å². The van der Waals surface area contributed by atoms with Crippen molar-refractivity contribution in [2.75, 3.05) is 5.32 Å². The normalized spacial score (nSPS) is 15.1. The van der Waals surface area contributed by atoms with Gasteiger partial charge in [0.05, 0.1) is 27.9 Å². The summed E-state index contributed by atoms with van der Waals surface area (Å²) in [5, 5.41) is 2.95. The van der Waals surface area contributed by atoms with Gasteiger partial charge in [-0.15, -0.1) is 0 Å². The van der Waals surface area contributed by atoms with Crippen molar-refractivity contribution >= 4 is 35.3 Å². The molecule has 2 heterocycles. The molecule has 0 fully saturated rings. The second-order valence-corrected chi connectivity index (χ2v) is 4.97. The number of rotatable bonds is 2. The number of esters is 4. The molecule has 0 unspecified atom stereocenters. The van der Waals surface area contributed by atoms with Gasteiger partial charge in [0, 0.05) is 5.69 Å². The topological polar surface area (TPSA) is 98.8 Å². The molecule has 0 aliphatic carbocycles. The molecule has 0 amide bonds. The quantitative estimate of drug-likeness (QED) is 0.669. The van der Waals surface area contributed by atoms with Crippen molar-refractivity contribution in [2.24, 2.45) is 0 Å². The molecule has 2 aromatic carbocycles. The van der Waals surface area contributed by atoms with Crippen LogP contribution in [0, 0.1) is 0 Å². The maximum absolute atomic E-state index is 11.8. The number of cyclic esters (lactones) is 4. The third-order valence-electron chi connectivity index (χ3n) is 3.60. The van der Waals surface area contributed by atoms with Crippen molar-refractivity contribution in [3.05, 3.63) is 58.7 Å². The van der Waals surface area contributed by atoms with Gasteiger partial charge in [-0.05, 0) is 30.3 Å². The maximum atomic E-state index is 11.8. The molecule has 2 aromatic rings. The van der Waals surface area contributed by atoms with Gasteiger partial charge in [0.15, 0.2) is 0 Å². The average Bonchev–Trinajstić information content (AvgIpc) is 2.97. The molecule has 7 heteroatoms. The second kappa shape index (κ2) is 4.51. The Hall–Kier alpha value is -3.48. The SMILES string of the molecule is O=C1OC(=O)c2cc(Nc3cccc4c3C(=O)OC4=O)ccc21. The van der Waals surface area contributed by atoms with Crippen LogP contribution in [0.1, 0.15) is 41.4 Å². The molecule has 0 aromatic heterocycles. The van der Waals surface area contributed by atoms with Crippen molar-refractivity contribution < 1.29 is 28.7 Å². The van der Waals surface area contributed by atoms with E-state index in [1.807, 2.05) is 0 Å². The van der Waals surface area contributed by atoms with Gasteiger partial charge in [-0.1, -0.05) is 6.07 Å². The van der Waals surface area contributed by atoms with Crippen molar-refractivity contribution in [1.82, 2.24) is 0 Å². The highest BCUT2D eigenvalue weighted by Gasteiger charge is 2.33. The molecule has 7 nitrogen and oxygen atoms in total. The van der Waals surface area contributed by atoms with Crippen molar-refractivity contribution in [1.29, 1.82) is 0 Å². The number of fused-ring (bicyclic) bond motifs is 2. The first-order valence-electron chi connectivity index (χ1n) is 6.62. The number of carbonyl (C=O) groups excluding carboxylic acids is 4. The van der Waals surface area contributed by atoms with Crippen LogP contribution in [-0.2, 0) is 9.47 Å². The monoisotopic (exact) mass is 309 g/mol. The smallest absolute Gasteiger partial charge is 0.349 e. The van der Waals surface area contributed by atoms with Crippen LogP contribution in [0.2, 0.25) is 0 Å². The highest BCUT2D eigenvalue weighted by Crippen LogP contribution is 2.31. The van der Waals surface area contributed by atoms with Crippen molar-refractivity contribution in [2.45, 2.75) is 0 Å². The number of anilines is 2. The zero-order chi connectivity index (χ0) is 16.1. The number of carbonyl (C=O) groups is 4. The molecule has 0 saturated carbocycles. The molecule has 0 atom stereocenters. The summed E-state index contributed by atoms with van der Waals surface area (Å²) in [6.07, 6.45) is 0. The van der Waals surface area contributed by atoms with E-state index in [2.05, 4.69) is 14.8 Å². The van der Waals surface area contributed by atoms with E-state index in [1.54, 1.807) is 18.2 Å². The van der Waals surface area contributed by atoms with Gasteiger partial charge >= 0.3 is 23.9 Å². The van der Waals surface area contributed by atoms with E-state index in [-0.39, 0.29) is 22.3 Å². The molecule has 2 aliphatic heterocycles. The van der Waals surface area contributed by atoms with Crippen LogP contribution >= 0.6 is 0 Å². The zero-order valence-electron chi connectivity index (χ0n) is 11.4. The van der Waals surface area contributed by atoms with Gasteiger partial charge in [-0.2, -0.15) is 0 Å². The first-order valence-corrected chi connectivity index (χ1v) is 6.62. The summed E-state index contributed by atoms with van der Waals surface area (Å²) < 4.78 is 9.10. The van der Waals surface area contributed by atoms with Crippen LogP contribution in [0.3, 0.4) is 0 Å². The Morgan fingerprint density at radius 3 is 2.22 bits per heavy atom. The fourth-order valence-electron chi connectivity index (χ4n) is 2.56. The van der Waals surface area contributed by atoms with Crippen LogP contribution in [0.15, 0.2) is 36.4 Å². The Labute approximate surface area is 128 Å². The highest BCUT2D eigenvalue weighted by molar-refractivity contribution is 6.18. The highest BCUT2D eigenvalue weighted by atomic mass is 16.6. The average molecular weight is 309 g/mol. The van der Waals surface area contributed by atoms with Gasteiger partial charge in [0.1, 0.15) is 0 Å². The van der Waals surface area contributed by atoms with E-state index in [0.29, 0.717) is 11.4 Å². The van der Waals surface area contributed by atoms with E-state index in [0.717, 1.165) is 0 Å². The molecule has 4 rings (SSSR count). The number of benzene rings is 2. The summed E-state index contributed by atoms with van der Waals surface area (Å²) in [4.78, 5) is 46.3. The lowest BCUT2D eigenvalue weighted by Gasteiger charge is -2.09. The summed E-state index contributed by atoms with van der Waals surface area (Å²) in [6, 6.07) is 9.18. The zero-order valence-corrected chi connectivity index (χ0v) is 11.4. The third kappa shape index (κ3) is 1.90. The molecule has 0 radical (unpaired) electrons. The van der Waals surface area contributed by atoms with Gasteiger partial charge in [-0.3, -0.25) is 0 Å². The fraction of sp³-hybridized carbons (Fsp3) is 0. The number of hydrogen-bond acceptors (Lipinski definition) is 7. The summed E-state index contributed by atoms with van der Waals surface area (Å²) in [7, 11) is 0. The lowest BCUT2D eigenvalue weighted by atomic mass is 10.1. The lowest BCUT2D eigenvalue weighted by molar-refractivity contribution is 0.0426. The Balaban J connectivity index is 1.75. The summed E-state index contributed by atoms with van der Waals surface area (Å²) >= 11 is 0. The standard InChI is InChI=1S/C16H7NO6/c18-13-8-5-4-7(6-10(8)15(20)22-13)17-11-3-1-2-9-12(11)16(21)23-14(9)19/h1-6,17H. The van der Waals surface area contributed by atoms with Crippen LogP contribution in [0.5, 0.6) is 0 Å². The minimum Gasteiger partial charge on any atom is -0.386 e. The van der Waals surface area contributed by atoms with Crippen LogP contribution in [0.4, 0.5) is 11.4 Å². The number of hydrogen-bond donors (Lipinski definition) is 1. The van der Waals surface area contributed by atoms with Crippen LogP contribution in [0.25, 0.3) is 0 Å². The molecular weight excluding hydrogens is 302 g/mol. The molecule has 0 saturated heterocycles. The van der Waals surface area contributed by atoms with Crippen LogP contribution in [-0.4, -0.2) is 23.9 Å². The Morgan fingerprint density at radius 2 is 1.39 bits per heavy atom. The third-order valence-corrected chi connectivity index (χ3v) is 3.60. The van der Waals surface area contributed by atoms with E-state index < -0.39 is 23.9 Å². The maximum Gasteiger partial charge on any atom is 0.349 e. The predicted octanol–water partition coefficient (Wildman–Crippen LogP) is 2.05. The minimum absolute atomic E-state index is 0.136. The summed E-state index contributed by atoms with van der Waals surface area (Å²) in [6.45, 7) is 0. The lowest BCUT2D eigenvalue weighted by Crippen LogP contribution is -2.02. The Morgan fingerprint density at radius 1 is 0.696 bits per heavy atom. The molecule has 2 aliphatic rings. The first kappa shape index (κ1) is 13.2. The minimum atomic E-state index is -0.733.